The second-order valence-electron chi connectivity index (χ2n) is 4.00. The van der Waals surface area contributed by atoms with Crippen LogP contribution < -0.4 is 17.0 Å². The number of nitrogen functional groups attached to an aromatic ring is 1. The predicted molar refractivity (Wildman–Crippen MR) is 65.9 cm³/mol. The van der Waals surface area contributed by atoms with Crippen LogP contribution in [0.4, 0.5) is 10.1 Å². The molecule has 2 rings (SSSR count). The first kappa shape index (κ1) is 12.1. The van der Waals surface area contributed by atoms with Gasteiger partial charge < -0.3 is 10.3 Å². The number of nitrogens with zero attached hydrogens (tertiary/aromatic N) is 2. The van der Waals surface area contributed by atoms with Crippen molar-refractivity contribution < 1.29 is 4.39 Å². The van der Waals surface area contributed by atoms with E-state index < -0.39 is 17.1 Å². The van der Waals surface area contributed by atoms with E-state index in [2.05, 4.69) is 0 Å². The third-order valence-corrected chi connectivity index (χ3v) is 2.59. The molecule has 2 aromatic rings. The van der Waals surface area contributed by atoms with Crippen molar-refractivity contribution in [3.8, 4) is 0 Å². The van der Waals surface area contributed by atoms with E-state index in [0.29, 0.717) is 5.56 Å². The zero-order valence-electron chi connectivity index (χ0n) is 9.76. The van der Waals surface area contributed by atoms with E-state index >= 15 is 0 Å². The predicted octanol–water partition coefficient (Wildman–Crippen LogP) is 0.317. The van der Waals surface area contributed by atoms with Gasteiger partial charge in [0.2, 0.25) is 0 Å². The summed E-state index contributed by atoms with van der Waals surface area (Å²) >= 11 is 0. The number of halogens is 1. The molecule has 0 saturated carbocycles. The second kappa shape index (κ2) is 4.48. The Morgan fingerprint density at radius 2 is 2.06 bits per heavy atom. The van der Waals surface area contributed by atoms with Gasteiger partial charge in [-0.1, -0.05) is 12.1 Å². The monoisotopic (exact) mass is 249 g/mol. The maximum Gasteiger partial charge on any atom is 0.331 e. The van der Waals surface area contributed by atoms with Crippen LogP contribution in [0.1, 0.15) is 5.56 Å². The number of benzene rings is 1. The van der Waals surface area contributed by atoms with Gasteiger partial charge in [0.05, 0.1) is 6.54 Å². The number of hydrogen-bond donors (Lipinski definition) is 1. The molecule has 2 N–H and O–H groups in total. The number of hydrogen-bond acceptors (Lipinski definition) is 3. The Balaban J connectivity index is 2.53. The summed E-state index contributed by atoms with van der Waals surface area (Å²) in [6.45, 7) is -0.00565. The van der Waals surface area contributed by atoms with E-state index in [4.69, 9.17) is 5.73 Å². The number of rotatable bonds is 2. The highest BCUT2D eigenvalue weighted by atomic mass is 19.1. The summed E-state index contributed by atoms with van der Waals surface area (Å²) in [6.07, 6.45) is 1.27. The molecule has 1 aromatic carbocycles. The number of nitrogens with two attached hydrogens (primary N) is 1. The Bertz CT molecular complexity index is 669. The molecule has 6 heteroatoms. The molecule has 0 atom stereocenters. The molecule has 0 spiro atoms. The van der Waals surface area contributed by atoms with Gasteiger partial charge in [0.25, 0.3) is 5.56 Å². The molecule has 0 bridgehead atoms. The van der Waals surface area contributed by atoms with Crippen LogP contribution in [0.25, 0.3) is 0 Å². The van der Waals surface area contributed by atoms with E-state index in [-0.39, 0.29) is 12.2 Å². The summed E-state index contributed by atoms with van der Waals surface area (Å²) in [5.74, 6) is -0.415. The fourth-order valence-electron chi connectivity index (χ4n) is 1.71. The highest BCUT2D eigenvalue weighted by Crippen LogP contribution is 2.04. The molecule has 0 aliphatic rings. The van der Waals surface area contributed by atoms with Crippen molar-refractivity contribution >= 4 is 5.69 Å². The van der Waals surface area contributed by atoms with Gasteiger partial charge in [0.1, 0.15) is 11.5 Å². The Hall–Kier alpha value is -2.37. The van der Waals surface area contributed by atoms with Gasteiger partial charge in [-0.2, -0.15) is 0 Å². The highest BCUT2D eigenvalue weighted by Gasteiger charge is 2.08. The Morgan fingerprint density at radius 3 is 2.72 bits per heavy atom. The first-order valence-electron chi connectivity index (χ1n) is 5.29. The molecule has 0 saturated heterocycles. The van der Waals surface area contributed by atoms with Gasteiger partial charge in [0.15, 0.2) is 0 Å². The van der Waals surface area contributed by atoms with Crippen LogP contribution in [-0.2, 0) is 13.6 Å². The molecule has 0 amide bonds. The topological polar surface area (TPSA) is 70.0 Å². The van der Waals surface area contributed by atoms with E-state index in [0.717, 1.165) is 4.57 Å². The fraction of sp³-hybridized carbons (Fsp3) is 0.167. The molecule has 18 heavy (non-hydrogen) atoms. The maximum absolute atomic E-state index is 13.0. The normalized spacial score (nSPS) is 10.6. The summed E-state index contributed by atoms with van der Waals surface area (Å²) in [6, 6.07) is 5.73. The van der Waals surface area contributed by atoms with Gasteiger partial charge in [-0.15, -0.1) is 0 Å². The van der Waals surface area contributed by atoms with Gasteiger partial charge >= 0.3 is 5.69 Å². The molecule has 0 radical (unpaired) electrons. The third-order valence-electron chi connectivity index (χ3n) is 2.59. The zero-order valence-corrected chi connectivity index (χ0v) is 9.76. The zero-order chi connectivity index (χ0) is 13.3. The number of aromatic nitrogens is 2. The van der Waals surface area contributed by atoms with Gasteiger partial charge in [-0.3, -0.25) is 9.36 Å². The van der Waals surface area contributed by atoms with Crippen molar-refractivity contribution in [3.63, 3.8) is 0 Å². The van der Waals surface area contributed by atoms with Gasteiger partial charge in [-0.25, -0.2) is 9.18 Å². The van der Waals surface area contributed by atoms with Crippen LogP contribution >= 0.6 is 0 Å². The molecule has 0 fully saturated rings. The first-order valence-corrected chi connectivity index (χ1v) is 5.29. The standard InChI is InChI=1S/C12H12FN3O2/c1-15-7-10(14)11(17)16(12(15)18)6-8-3-2-4-9(13)5-8/h2-5,7H,6,14H2,1H3. The Morgan fingerprint density at radius 1 is 1.33 bits per heavy atom. The van der Waals surface area contributed by atoms with Crippen LogP contribution in [0.15, 0.2) is 40.1 Å². The SMILES string of the molecule is Cn1cc(N)c(=O)n(Cc2cccc(F)c2)c1=O. The minimum absolute atomic E-state index is 0.00565. The summed E-state index contributed by atoms with van der Waals surface area (Å²) in [5.41, 5.74) is 4.96. The van der Waals surface area contributed by atoms with E-state index in [1.54, 1.807) is 6.07 Å². The maximum atomic E-state index is 13.0. The van der Waals surface area contributed by atoms with Crippen molar-refractivity contribution in [3.05, 3.63) is 62.7 Å². The van der Waals surface area contributed by atoms with E-state index in [1.165, 1.54) is 36.0 Å². The lowest BCUT2D eigenvalue weighted by Crippen LogP contribution is -2.39. The van der Waals surface area contributed by atoms with Crippen LogP contribution in [0.5, 0.6) is 0 Å². The molecule has 1 aromatic heterocycles. The first-order chi connectivity index (χ1) is 8.49. The highest BCUT2D eigenvalue weighted by molar-refractivity contribution is 5.31. The Kier molecular flexibility index (Phi) is 3.01. The van der Waals surface area contributed by atoms with Crippen molar-refractivity contribution in [1.82, 2.24) is 9.13 Å². The number of anilines is 1. The van der Waals surface area contributed by atoms with Crippen LogP contribution in [0, 0.1) is 5.82 Å². The largest absolute Gasteiger partial charge is 0.393 e. The van der Waals surface area contributed by atoms with Gasteiger partial charge in [-0.05, 0) is 17.7 Å². The molecule has 5 nitrogen and oxygen atoms in total. The molecule has 0 aliphatic carbocycles. The summed E-state index contributed by atoms with van der Waals surface area (Å²) in [4.78, 5) is 23.6. The summed E-state index contributed by atoms with van der Waals surface area (Å²) in [7, 11) is 1.50. The summed E-state index contributed by atoms with van der Waals surface area (Å²) < 4.78 is 15.2. The van der Waals surface area contributed by atoms with E-state index in [1.807, 2.05) is 0 Å². The number of aryl methyl sites for hydroxylation is 1. The van der Waals surface area contributed by atoms with Crippen LogP contribution in [-0.4, -0.2) is 9.13 Å². The minimum atomic E-state index is -0.567. The quantitative estimate of drug-likeness (QED) is 0.833. The average Bonchev–Trinajstić information content (AvgIpc) is 2.32. The molecule has 0 aliphatic heterocycles. The lowest BCUT2D eigenvalue weighted by Gasteiger charge is -2.08. The molecule has 0 unspecified atom stereocenters. The van der Waals surface area contributed by atoms with Crippen LogP contribution in [0.3, 0.4) is 0 Å². The van der Waals surface area contributed by atoms with Crippen molar-refractivity contribution in [2.24, 2.45) is 7.05 Å². The lowest BCUT2D eigenvalue weighted by molar-refractivity contribution is 0.614. The van der Waals surface area contributed by atoms with Crippen molar-refractivity contribution in [2.45, 2.75) is 6.54 Å². The smallest absolute Gasteiger partial charge is 0.331 e. The van der Waals surface area contributed by atoms with Crippen LogP contribution in [0.2, 0.25) is 0 Å². The minimum Gasteiger partial charge on any atom is -0.393 e. The third kappa shape index (κ3) is 2.17. The van der Waals surface area contributed by atoms with Crippen molar-refractivity contribution in [2.75, 3.05) is 5.73 Å². The summed E-state index contributed by atoms with van der Waals surface area (Å²) in [5, 5.41) is 0. The molecular formula is C12H12FN3O2. The van der Waals surface area contributed by atoms with Gasteiger partial charge in [0, 0.05) is 13.2 Å². The van der Waals surface area contributed by atoms with E-state index in [9.17, 15) is 14.0 Å². The second-order valence-corrected chi connectivity index (χ2v) is 4.00. The molecule has 94 valence electrons. The van der Waals surface area contributed by atoms with Crippen molar-refractivity contribution in [1.29, 1.82) is 0 Å². The Labute approximate surface area is 102 Å². The molecule has 1 heterocycles. The molecular weight excluding hydrogens is 237 g/mol. The lowest BCUT2D eigenvalue weighted by atomic mass is 10.2. The fourth-order valence-corrected chi connectivity index (χ4v) is 1.71. The average molecular weight is 249 g/mol.